The molecule has 2 atom stereocenters. The van der Waals surface area contributed by atoms with Crippen LogP contribution >= 0.6 is 0 Å². The number of amides is 1. The number of carboxylic acid groups (broad SMARTS) is 1. The minimum atomic E-state index is -0.960. The van der Waals surface area contributed by atoms with E-state index in [1.807, 2.05) is 18.2 Å². The van der Waals surface area contributed by atoms with Crippen molar-refractivity contribution in [1.82, 2.24) is 10.3 Å². The normalized spacial score (nSPS) is 21.3. The van der Waals surface area contributed by atoms with Crippen LogP contribution in [0.1, 0.15) is 42.3 Å². The van der Waals surface area contributed by atoms with Crippen LogP contribution in [-0.4, -0.2) is 22.2 Å². The molecule has 0 aliphatic heterocycles. The summed E-state index contributed by atoms with van der Waals surface area (Å²) in [5.41, 5.74) is 2.13. The van der Waals surface area contributed by atoms with Crippen LogP contribution in [0.3, 0.4) is 0 Å². The molecular formula is C16H18N2O3. The van der Waals surface area contributed by atoms with E-state index < -0.39 is 6.09 Å². The molecule has 3 rings (SSSR count). The molecule has 0 bridgehead atoms. The smallest absolute Gasteiger partial charge is 0.404 e. The van der Waals surface area contributed by atoms with E-state index in [1.54, 1.807) is 6.26 Å². The Hall–Kier alpha value is -2.30. The summed E-state index contributed by atoms with van der Waals surface area (Å²) in [6.07, 6.45) is 4.02. The number of carbonyl (C=O) groups is 1. The molecule has 0 radical (unpaired) electrons. The molecule has 0 spiro atoms. The lowest BCUT2D eigenvalue weighted by molar-refractivity contribution is 0.190. The number of oxazole rings is 1. The molecule has 1 aliphatic rings. The van der Waals surface area contributed by atoms with E-state index in [-0.39, 0.29) is 12.0 Å². The van der Waals surface area contributed by atoms with Crippen LogP contribution in [0.15, 0.2) is 41.0 Å². The minimum Gasteiger partial charge on any atom is -0.465 e. The zero-order chi connectivity index (χ0) is 14.7. The summed E-state index contributed by atoms with van der Waals surface area (Å²) in [6, 6.07) is 10.2. The van der Waals surface area contributed by atoms with Gasteiger partial charge in [-0.05, 0) is 24.8 Å². The Morgan fingerprint density at radius 1 is 1.33 bits per heavy atom. The van der Waals surface area contributed by atoms with Crippen molar-refractivity contribution in [3.05, 3.63) is 53.7 Å². The van der Waals surface area contributed by atoms with E-state index in [0.29, 0.717) is 0 Å². The van der Waals surface area contributed by atoms with Gasteiger partial charge in [-0.1, -0.05) is 30.3 Å². The quantitative estimate of drug-likeness (QED) is 0.905. The fraction of sp³-hybridized carbons (Fsp3) is 0.375. The first-order valence-corrected chi connectivity index (χ1v) is 7.18. The third-order valence-corrected chi connectivity index (χ3v) is 3.91. The molecule has 5 heteroatoms. The fourth-order valence-corrected chi connectivity index (χ4v) is 2.91. The first kappa shape index (κ1) is 13.7. The van der Waals surface area contributed by atoms with Crippen LogP contribution in [0, 0.1) is 0 Å². The molecule has 2 aromatic rings. The molecule has 1 amide bonds. The predicted octanol–water partition coefficient (Wildman–Crippen LogP) is 3.17. The van der Waals surface area contributed by atoms with Crippen LogP contribution in [0.25, 0.3) is 0 Å². The van der Waals surface area contributed by atoms with Crippen LogP contribution in [0.2, 0.25) is 0 Å². The Bertz CT molecular complexity index is 609. The summed E-state index contributed by atoms with van der Waals surface area (Å²) >= 11 is 0. The number of hydrogen-bond donors (Lipinski definition) is 2. The maximum atomic E-state index is 10.7. The van der Waals surface area contributed by atoms with Gasteiger partial charge in [0.25, 0.3) is 0 Å². The number of benzene rings is 1. The van der Waals surface area contributed by atoms with Gasteiger partial charge in [0.15, 0.2) is 5.89 Å². The molecule has 2 N–H and O–H groups in total. The number of hydrogen-bond acceptors (Lipinski definition) is 3. The number of nitrogens with one attached hydrogen (secondary N) is 1. The highest BCUT2D eigenvalue weighted by atomic mass is 16.4. The number of aromatic nitrogens is 1. The average Bonchev–Trinajstić information content (AvgIpc) is 3.08. The fourth-order valence-electron chi connectivity index (χ4n) is 2.91. The van der Waals surface area contributed by atoms with Crippen molar-refractivity contribution in [2.45, 2.75) is 37.6 Å². The van der Waals surface area contributed by atoms with E-state index in [0.717, 1.165) is 37.3 Å². The lowest BCUT2D eigenvalue weighted by Gasteiger charge is -2.08. The van der Waals surface area contributed by atoms with E-state index in [9.17, 15) is 4.79 Å². The second kappa shape index (κ2) is 5.99. The summed E-state index contributed by atoms with van der Waals surface area (Å²) in [5, 5.41) is 11.3. The first-order valence-electron chi connectivity index (χ1n) is 7.18. The molecule has 1 fully saturated rings. The third kappa shape index (κ3) is 3.42. The minimum absolute atomic E-state index is 0.0111. The maximum absolute atomic E-state index is 10.7. The van der Waals surface area contributed by atoms with E-state index >= 15 is 0 Å². The average molecular weight is 286 g/mol. The van der Waals surface area contributed by atoms with E-state index in [4.69, 9.17) is 9.52 Å². The highest BCUT2D eigenvalue weighted by molar-refractivity contribution is 5.64. The second-order valence-electron chi connectivity index (χ2n) is 5.50. The van der Waals surface area contributed by atoms with Gasteiger partial charge < -0.3 is 14.8 Å². The van der Waals surface area contributed by atoms with Gasteiger partial charge in [0.1, 0.15) is 6.26 Å². The van der Waals surface area contributed by atoms with Gasteiger partial charge in [-0.25, -0.2) is 9.78 Å². The van der Waals surface area contributed by atoms with Crippen molar-refractivity contribution < 1.29 is 14.3 Å². The molecule has 0 unspecified atom stereocenters. The lowest BCUT2D eigenvalue weighted by Crippen LogP contribution is -2.31. The summed E-state index contributed by atoms with van der Waals surface area (Å²) < 4.78 is 5.59. The lowest BCUT2D eigenvalue weighted by atomic mass is 10.1. The van der Waals surface area contributed by atoms with E-state index in [2.05, 4.69) is 22.4 Å². The van der Waals surface area contributed by atoms with Gasteiger partial charge in [0.2, 0.25) is 0 Å². The SMILES string of the molecule is O=C(O)N[C@H]1CC[C@H](c2nc(Cc3ccccc3)co2)C1. The van der Waals surface area contributed by atoms with Gasteiger partial charge in [-0.15, -0.1) is 0 Å². The van der Waals surface area contributed by atoms with Crippen LogP contribution in [0.5, 0.6) is 0 Å². The molecule has 21 heavy (non-hydrogen) atoms. The van der Waals surface area contributed by atoms with Gasteiger partial charge >= 0.3 is 6.09 Å². The topological polar surface area (TPSA) is 75.4 Å². The van der Waals surface area contributed by atoms with Crippen molar-refractivity contribution in [2.24, 2.45) is 0 Å². The van der Waals surface area contributed by atoms with Crippen molar-refractivity contribution in [3.63, 3.8) is 0 Å². The summed E-state index contributed by atoms with van der Waals surface area (Å²) in [4.78, 5) is 15.2. The second-order valence-corrected chi connectivity index (χ2v) is 5.50. The summed E-state index contributed by atoms with van der Waals surface area (Å²) in [5.74, 6) is 0.946. The Labute approximate surface area is 123 Å². The molecule has 1 aromatic heterocycles. The van der Waals surface area contributed by atoms with Gasteiger partial charge in [-0.2, -0.15) is 0 Å². The third-order valence-electron chi connectivity index (χ3n) is 3.91. The molecule has 5 nitrogen and oxygen atoms in total. The van der Waals surface area contributed by atoms with Crippen LogP contribution in [-0.2, 0) is 6.42 Å². The maximum Gasteiger partial charge on any atom is 0.404 e. The Morgan fingerprint density at radius 2 is 2.14 bits per heavy atom. The molecule has 1 heterocycles. The zero-order valence-corrected chi connectivity index (χ0v) is 11.7. The van der Waals surface area contributed by atoms with Gasteiger partial charge in [0.05, 0.1) is 5.69 Å². The first-order chi connectivity index (χ1) is 10.2. The summed E-state index contributed by atoms with van der Waals surface area (Å²) in [7, 11) is 0. The van der Waals surface area contributed by atoms with Crippen LogP contribution in [0.4, 0.5) is 4.79 Å². The predicted molar refractivity (Wildman–Crippen MR) is 77.3 cm³/mol. The van der Waals surface area contributed by atoms with Crippen molar-refractivity contribution in [2.75, 3.05) is 0 Å². The molecule has 0 saturated heterocycles. The monoisotopic (exact) mass is 286 g/mol. The van der Waals surface area contributed by atoms with Crippen LogP contribution < -0.4 is 5.32 Å². The largest absolute Gasteiger partial charge is 0.465 e. The Morgan fingerprint density at radius 3 is 2.90 bits per heavy atom. The molecule has 1 aromatic carbocycles. The highest BCUT2D eigenvalue weighted by Gasteiger charge is 2.30. The Kier molecular flexibility index (Phi) is 3.90. The number of nitrogens with zero attached hydrogens (tertiary/aromatic N) is 1. The van der Waals surface area contributed by atoms with Crippen molar-refractivity contribution in [3.8, 4) is 0 Å². The molecule has 1 aliphatic carbocycles. The molecular weight excluding hydrogens is 268 g/mol. The van der Waals surface area contributed by atoms with Crippen molar-refractivity contribution in [1.29, 1.82) is 0 Å². The summed E-state index contributed by atoms with van der Waals surface area (Å²) in [6.45, 7) is 0. The van der Waals surface area contributed by atoms with Gasteiger partial charge in [0, 0.05) is 18.4 Å². The van der Waals surface area contributed by atoms with Gasteiger partial charge in [-0.3, -0.25) is 0 Å². The molecule has 1 saturated carbocycles. The highest BCUT2D eigenvalue weighted by Crippen LogP contribution is 2.34. The Balaban J connectivity index is 1.62. The number of rotatable bonds is 4. The zero-order valence-electron chi connectivity index (χ0n) is 11.7. The molecule has 110 valence electrons. The standard InChI is InChI=1S/C16H18N2O3/c19-16(20)18-13-7-6-12(9-13)15-17-14(10-21-15)8-11-4-2-1-3-5-11/h1-5,10,12-13,18H,6-9H2,(H,19,20)/t12-,13-/m0/s1. The van der Waals surface area contributed by atoms with E-state index in [1.165, 1.54) is 5.56 Å². The van der Waals surface area contributed by atoms with Crippen molar-refractivity contribution >= 4 is 6.09 Å².